The Morgan fingerprint density at radius 1 is 1.36 bits per heavy atom. The van der Waals surface area contributed by atoms with Crippen molar-refractivity contribution in [2.75, 3.05) is 0 Å². The smallest absolute Gasteiger partial charge is 0.137 e. The fraction of sp³-hybridized carbons (Fsp3) is 0.417. The van der Waals surface area contributed by atoms with Crippen molar-refractivity contribution in [3.63, 3.8) is 0 Å². The maximum absolute atomic E-state index is 4.55. The number of hydrogen-bond donors (Lipinski definition) is 0. The minimum atomic E-state index is 0.0694. The molecule has 0 aliphatic rings. The minimum absolute atomic E-state index is 0.0694. The maximum Gasteiger partial charge on any atom is 0.137 e. The molecule has 1 radical (unpaired) electrons. The summed E-state index contributed by atoms with van der Waals surface area (Å²) in [5, 5.41) is 0. The second-order valence-electron chi connectivity index (χ2n) is 4.75. The Labute approximate surface area is 84.6 Å². The van der Waals surface area contributed by atoms with Crippen molar-refractivity contribution in [3.05, 3.63) is 35.8 Å². The highest BCUT2D eigenvalue weighted by molar-refractivity contribution is 5.43. The van der Waals surface area contributed by atoms with Gasteiger partial charge in [0.1, 0.15) is 5.65 Å². The molecule has 0 aromatic carbocycles. The van der Waals surface area contributed by atoms with E-state index in [1.54, 1.807) is 0 Å². The van der Waals surface area contributed by atoms with E-state index in [0.717, 1.165) is 11.3 Å². The van der Waals surface area contributed by atoms with Gasteiger partial charge in [0.2, 0.25) is 0 Å². The fourth-order valence-electron chi connectivity index (χ4n) is 1.36. The molecule has 0 saturated carbocycles. The predicted octanol–water partition coefficient (Wildman–Crippen LogP) is 2.74. The third kappa shape index (κ3) is 1.52. The van der Waals surface area contributed by atoms with Crippen LogP contribution < -0.4 is 0 Å². The molecule has 2 rings (SSSR count). The van der Waals surface area contributed by atoms with E-state index in [4.69, 9.17) is 0 Å². The molecule has 0 unspecified atom stereocenters. The summed E-state index contributed by atoms with van der Waals surface area (Å²) in [6.45, 7) is 8.53. The van der Waals surface area contributed by atoms with E-state index in [1.807, 2.05) is 10.6 Å². The molecule has 2 nitrogen and oxygen atoms in total. The fourth-order valence-corrected chi connectivity index (χ4v) is 1.36. The standard InChI is InChI=1S/C12H15N2/c1-9-5-6-14-8-10(12(2,3)4)13-11(14)7-9/h5-7H,1-4H3. The van der Waals surface area contributed by atoms with Crippen LogP contribution in [0.1, 0.15) is 32.0 Å². The summed E-state index contributed by atoms with van der Waals surface area (Å²) in [6.07, 6.45) is 5.28. The Morgan fingerprint density at radius 2 is 2.07 bits per heavy atom. The molecule has 2 aromatic rings. The molecule has 0 bridgehead atoms. The quantitative estimate of drug-likeness (QED) is 0.620. The first-order valence-electron chi connectivity index (χ1n) is 4.85. The second-order valence-corrected chi connectivity index (χ2v) is 4.75. The molecule has 0 N–H and O–H groups in total. The molecule has 0 saturated heterocycles. The van der Waals surface area contributed by atoms with Gasteiger partial charge in [-0.15, -0.1) is 0 Å². The lowest BCUT2D eigenvalue weighted by Gasteiger charge is -2.13. The highest BCUT2D eigenvalue weighted by Crippen LogP contribution is 2.21. The Balaban J connectivity index is 2.63. The number of imidazole rings is 1. The molecule has 0 fully saturated rings. The van der Waals surface area contributed by atoms with Gasteiger partial charge < -0.3 is 0 Å². The summed E-state index contributed by atoms with van der Waals surface area (Å²) < 4.78 is 1.95. The normalized spacial score (nSPS) is 12.3. The topological polar surface area (TPSA) is 17.3 Å². The monoisotopic (exact) mass is 187 g/mol. The summed E-state index contributed by atoms with van der Waals surface area (Å²) >= 11 is 0. The number of fused-ring (bicyclic) bond motifs is 1. The van der Waals surface area contributed by atoms with Crippen LogP contribution in [0.25, 0.3) is 5.65 Å². The van der Waals surface area contributed by atoms with E-state index in [9.17, 15) is 0 Å². The highest BCUT2D eigenvalue weighted by Gasteiger charge is 2.17. The van der Waals surface area contributed by atoms with E-state index in [-0.39, 0.29) is 5.41 Å². The van der Waals surface area contributed by atoms with E-state index in [0.29, 0.717) is 0 Å². The van der Waals surface area contributed by atoms with Gasteiger partial charge in [-0.25, -0.2) is 4.98 Å². The van der Waals surface area contributed by atoms with Crippen LogP contribution in [-0.2, 0) is 5.41 Å². The summed E-state index contributed by atoms with van der Waals surface area (Å²) in [7, 11) is 0. The lowest BCUT2D eigenvalue weighted by molar-refractivity contribution is 0.572. The lowest BCUT2D eigenvalue weighted by Crippen LogP contribution is -2.11. The molecule has 2 aromatic heterocycles. The zero-order valence-electron chi connectivity index (χ0n) is 9.13. The average molecular weight is 187 g/mol. The molecule has 2 heteroatoms. The average Bonchev–Trinajstić information content (AvgIpc) is 2.45. The third-order valence-corrected chi connectivity index (χ3v) is 2.25. The first-order chi connectivity index (χ1) is 6.47. The van der Waals surface area contributed by atoms with Crippen molar-refractivity contribution in [1.82, 2.24) is 9.38 Å². The Morgan fingerprint density at radius 3 is 2.71 bits per heavy atom. The van der Waals surface area contributed by atoms with E-state index in [1.165, 1.54) is 5.56 Å². The summed E-state index contributed by atoms with van der Waals surface area (Å²) in [5.74, 6) is 0. The number of aromatic nitrogens is 2. The van der Waals surface area contributed by atoms with Crippen molar-refractivity contribution in [1.29, 1.82) is 0 Å². The van der Waals surface area contributed by atoms with Crippen LogP contribution in [0, 0.1) is 13.1 Å². The van der Waals surface area contributed by atoms with Crippen molar-refractivity contribution in [2.45, 2.75) is 33.1 Å². The van der Waals surface area contributed by atoms with Crippen LogP contribution in [0.15, 0.2) is 18.3 Å². The zero-order chi connectivity index (χ0) is 10.3. The Kier molecular flexibility index (Phi) is 1.88. The van der Waals surface area contributed by atoms with Crippen molar-refractivity contribution in [3.8, 4) is 0 Å². The van der Waals surface area contributed by atoms with Crippen LogP contribution in [0.5, 0.6) is 0 Å². The summed E-state index contributed by atoms with van der Waals surface area (Å²) in [6, 6.07) is 4.14. The molecule has 2 heterocycles. The van der Waals surface area contributed by atoms with Gasteiger partial charge in [0.05, 0.1) is 11.9 Å². The van der Waals surface area contributed by atoms with Gasteiger partial charge in [0.25, 0.3) is 0 Å². The van der Waals surface area contributed by atoms with Crippen LogP contribution in [0.4, 0.5) is 0 Å². The molecule has 0 aliphatic carbocycles. The molecule has 0 spiro atoms. The van der Waals surface area contributed by atoms with Crippen LogP contribution >= 0.6 is 0 Å². The Hall–Kier alpha value is -1.31. The molecular formula is C12H15N2. The van der Waals surface area contributed by atoms with Crippen LogP contribution in [0.2, 0.25) is 0 Å². The largest absolute Gasteiger partial charge is 0.298 e. The number of hydrogen-bond acceptors (Lipinski definition) is 1. The molecule has 14 heavy (non-hydrogen) atoms. The Bertz CT molecular complexity index is 461. The van der Waals surface area contributed by atoms with Gasteiger partial charge in [0, 0.05) is 11.6 Å². The number of pyridine rings is 1. The van der Waals surface area contributed by atoms with E-state index in [2.05, 4.69) is 51.0 Å². The first kappa shape index (κ1) is 9.25. The second kappa shape index (κ2) is 2.84. The van der Waals surface area contributed by atoms with Crippen LogP contribution in [-0.4, -0.2) is 9.38 Å². The maximum atomic E-state index is 4.55. The van der Waals surface area contributed by atoms with Gasteiger partial charge in [-0.05, 0) is 24.6 Å². The number of rotatable bonds is 0. The summed E-state index contributed by atoms with van der Waals surface area (Å²) in [5.41, 5.74) is 3.30. The van der Waals surface area contributed by atoms with Crippen molar-refractivity contribution in [2.24, 2.45) is 0 Å². The SMILES string of the molecule is Cc1ccn2[c]c(C(C)(C)C)nc2c1. The van der Waals surface area contributed by atoms with Gasteiger partial charge in [-0.2, -0.15) is 0 Å². The van der Waals surface area contributed by atoms with Gasteiger partial charge in [-0.3, -0.25) is 4.40 Å². The van der Waals surface area contributed by atoms with E-state index >= 15 is 0 Å². The molecule has 0 aliphatic heterocycles. The predicted molar refractivity (Wildman–Crippen MR) is 57.5 cm³/mol. The molecule has 0 atom stereocenters. The number of aryl methyl sites for hydroxylation is 1. The van der Waals surface area contributed by atoms with Gasteiger partial charge in [0.15, 0.2) is 0 Å². The van der Waals surface area contributed by atoms with E-state index < -0.39 is 0 Å². The van der Waals surface area contributed by atoms with Crippen molar-refractivity contribution < 1.29 is 0 Å². The summed E-state index contributed by atoms with van der Waals surface area (Å²) in [4.78, 5) is 4.55. The van der Waals surface area contributed by atoms with Gasteiger partial charge >= 0.3 is 0 Å². The molecule has 73 valence electrons. The van der Waals surface area contributed by atoms with Crippen molar-refractivity contribution >= 4 is 5.65 Å². The zero-order valence-corrected chi connectivity index (χ0v) is 9.13. The highest BCUT2D eigenvalue weighted by atomic mass is 15.0. The van der Waals surface area contributed by atoms with Crippen LogP contribution in [0.3, 0.4) is 0 Å². The lowest BCUT2D eigenvalue weighted by atomic mass is 9.93. The minimum Gasteiger partial charge on any atom is -0.298 e. The molecular weight excluding hydrogens is 172 g/mol. The molecule has 0 amide bonds. The first-order valence-corrected chi connectivity index (χ1v) is 4.85. The van der Waals surface area contributed by atoms with Gasteiger partial charge in [-0.1, -0.05) is 20.8 Å². The third-order valence-electron chi connectivity index (χ3n) is 2.25. The number of nitrogens with zero attached hydrogens (tertiary/aromatic N) is 2.